The van der Waals surface area contributed by atoms with Gasteiger partial charge in [-0.05, 0) is 30.4 Å². The molecule has 36 heavy (non-hydrogen) atoms. The van der Waals surface area contributed by atoms with Gasteiger partial charge in [0, 0.05) is 18.4 Å². The van der Waals surface area contributed by atoms with Crippen LogP contribution in [0.3, 0.4) is 0 Å². The van der Waals surface area contributed by atoms with Crippen LogP contribution in [0.4, 0.5) is 0 Å². The summed E-state index contributed by atoms with van der Waals surface area (Å²) in [5, 5.41) is 2.79. The predicted molar refractivity (Wildman–Crippen MR) is 145 cm³/mol. The van der Waals surface area contributed by atoms with E-state index in [1.54, 1.807) is 31.0 Å². The molecule has 1 amide bonds. The minimum absolute atomic E-state index is 0.0896. The molecule has 0 aliphatic rings. The Hall–Kier alpha value is -2.33. The van der Waals surface area contributed by atoms with Crippen LogP contribution in [0.5, 0.6) is 0 Å². The number of benzene rings is 2. The van der Waals surface area contributed by atoms with Crippen LogP contribution in [-0.2, 0) is 30.2 Å². The third-order valence-corrected chi connectivity index (χ3v) is 6.95. The standard InChI is InChI=1S/C27H35NO6S2/c1-32-14-15-33-16-17-34-26(30)24(13-18-35-2)28-25(29)23(19-21-9-5-3-6-10-21)20-36-27(31)22-11-7-4-8-12-22/h3-12,23-24H,13-20H2,1-2H3,(H,28,29)/t23?,24-/m0/s1. The normalized spacial score (nSPS) is 12.5. The van der Waals surface area contributed by atoms with Gasteiger partial charge < -0.3 is 19.5 Å². The molecule has 0 aliphatic carbocycles. The van der Waals surface area contributed by atoms with E-state index >= 15 is 0 Å². The van der Waals surface area contributed by atoms with E-state index in [0.717, 1.165) is 17.3 Å². The number of methoxy groups -OCH3 is 1. The highest BCUT2D eigenvalue weighted by molar-refractivity contribution is 8.14. The number of hydrogen-bond donors (Lipinski definition) is 1. The van der Waals surface area contributed by atoms with Gasteiger partial charge in [-0.15, -0.1) is 0 Å². The molecule has 196 valence electrons. The van der Waals surface area contributed by atoms with E-state index in [1.165, 1.54) is 0 Å². The number of rotatable bonds is 17. The fourth-order valence-corrected chi connectivity index (χ4v) is 4.68. The lowest BCUT2D eigenvalue weighted by Crippen LogP contribution is -2.46. The lowest BCUT2D eigenvalue weighted by Gasteiger charge is -2.22. The number of nitrogens with one attached hydrogen (secondary N) is 1. The number of ether oxygens (including phenoxy) is 3. The molecule has 0 radical (unpaired) electrons. The average Bonchev–Trinajstić information content (AvgIpc) is 2.91. The Balaban J connectivity index is 2.02. The maximum Gasteiger partial charge on any atom is 0.328 e. The Labute approximate surface area is 222 Å². The zero-order valence-electron chi connectivity index (χ0n) is 20.9. The molecule has 0 bridgehead atoms. The van der Waals surface area contributed by atoms with E-state index in [0.29, 0.717) is 43.1 Å². The van der Waals surface area contributed by atoms with E-state index in [-0.39, 0.29) is 24.2 Å². The quantitative estimate of drug-likeness (QED) is 0.242. The zero-order valence-corrected chi connectivity index (χ0v) is 22.5. The molecule has 2 aromatic carbocycles. The maximum atomic E-state index is 13.3. The lowest BCUT2D eigenvalue weighted by atomic mass is 9.99. The van der Waals surface area contributed by atoms with Gasteiger partial charge in [0.25, 0.3) is 0 Å². The lowest BCUT2D eigenvalue weighted by molar-refractivity contribution is -0.149. The average molecular weight is 534 g/mol. The van der Waals surface area contributed by atoms with Crippen molar-refractivity contribution in [2.45, 2.75) is 18.9 Å². The van der Waals surface area contributed by atoms with E-state index in [2.05, 4.69) is 5.32 Å². The van der Waals surface area contributed by atoms with Gasteiger partial charge in [0.05, 0.1) is 25.7 Å². The van der Waals surface area contributed by atoms with Crippen LogP contribution in [0.15, 0.2) is 60.7 Å². The van der Waals surface area contributed by atoms with E-state index in [1.807, 2.05) is 54.8 Å². The first-order chi connectivity index (χ1) is 17.5. The molecular formula is C27H35NO6S2. The summed E-state index contributed by atoms with van der Waals surface area (Å²) >= 11 is 2.70. The van der Waals surface area contributed by atoms with Crippen molar-refractivity contribution in [2.24, 2.45) is 5.92 Å². The second kappa shape index (κ2) is 18.0. The highest BCUT2D eigenvalue weighted by Gasteiger charge is 2.27. The van der Waals surface area contributed by atoms with Crippen LogP contribution in [-0.4, -0.2) is 74.3 Å². The number of esters is 1. The molecule has 2 rings (SSSR count). The predicted octanol–water partition coefficient (Wildman–Crippen LogP) is 3.86. The molecule has 2 aromatic rings. The zero-order chi connectivity index (χ0) is 26.0. The van der Waals surface area contributed by atoms with Crippen LogP contribution < -0.4 is 5.32 Å². The van der Waals surface area contributed by atoms with Crippen molar-refractivity contribution < 1.29 is 28.6 Å². The van der Waals surface area contributed by atoms with Crippen LogP contribution in [0.2, 0.25) is 0 Å². The molecule has 0 saturated heterocycles. The van der Waals surface area contributed by atoms with Crippen LogP contribution >= 0.6 is 23.5 Å². The summed E-state index contributed by atoms with van der Waals surface area (Å²) in [6, 6.07) is 17.9. The fourth-order valence-electron chi connectivity index (χ4n) is 3.28. The second-order valence-electron chi connectivity index (χ2n) is 7.97. The fraction of sp³-hybridized carbons (Fsp3) is 0.444. The van der Waals surface area contributed by atoms with Gasteiger partial charge in [-0.2, -0.15) is 11.8 Å². The summed E-state index contributed by atoms with van der Waals surface area (Å²) in [5.74, 6) is -0.265. The van der Waals surface area contributed by atoms with Gasteiger partial charge in [-0.1, -0.05) is 72.4 Å². The molecule has 0 fully saturated rings. The van der Waals surface area contributed by atoms with Crippen LogP contribution in [0.1, 0.15) is 22.3 Å². The Bertz CT molecular complexity index is 913. The van der Waals surface area contributed by atoms with Gasteiger partial charge in [0.1, 0.15) is 12.6 Å². The molecule has 0 aliphatic heterocycles. The van der Waals surface area contributed by atoms with Crippen LogP contribution in [0.25, 0.3) is 0 Å². The molecule has 9 heteroatoms. The number of thioether (sulfide) groups is 2. The monoisotopic (exact) mass is 533 g/mol. The van der Waals surface area contributed by atoms with Gasteiger partial charge in [-0.3, -0.25) is 9.59 Å². The van der Waals surface area contributed by atoms with Gasteiger partial charge >= 0.3 is 5.97 Å². The largest absolute Gasteiger partial charge is 0.462 e. The first-order valence-corrected chi connectivity index (χ1v) is 14.2. The Kier molecular flexibility index (Phi) is 14.9. The first-order valence-electron chi connectivity index (χ1n) is 11.8. The molecule has 1 N–H and O–H groups in total. The Morgan fingerprint density at radius 1 is 0.917 bits per heavy atom. The molecule has 7 nitrogen and oxygen atoms in total. The van der Waals surface area contributed by atoms with E-state index < -0.39 is 17.9 Å². The highest BCUT2D eigenvalue weighted by Crippen LogP contribution is 2.20. The maximum absolute atomic E-state index is 13.3. The van der Waals surface area contributed by atoms with Crippen molar-refractivity contribution in [3.05, 3.63) is 71.8 Å². The van der Waals surface area contributed by atoms with E-state index in [4.69, 9.17) is 14.2 Å². The summed E-state index contributed by atoms with van der Waals surface area (Å²) in [6.45, 7) is 1.24. The van der Waals surface area contributed by atoms with Crippen LogP contribution in [0, 0.1) is 5.92 Å². The van der Waals surface area contributed by atoms with Crippen molar-refractivity contribution in [3.63, 3.8) is 0 Å². The van der Waals surface area contributed by atoms with Crippen molar-refractivity contribution in [2.75, 3.05) is 51.3 Å². The summed E-state index contributed by atoms with van der Waals surface area (Å²) in [5.41, 5.74) is 1.58. The number of hydrogen-bond acceptors (Lipinski definition) is 8. The molecule has 0 aromatic heterocycles. The molecular weight excluding hydrogens is 498 g/mol. The van der Waals surface area contributed by atoms with Gasteiger partial charge in [0.15, 0.2) is 0 Å². The summed E-state index contributed by atoms with van der Waals surface area (Å²) in [4.78, 5) is 38.7. The smallest absolute Gasteiger partial charge is 0.328 e. The number of amides is 1. The summed E-state index contributed by atoms with van der Waals surface area (Å²) in [7, 11) is 1.59. The SMILES string of the molecule is COCCOCCOC(=O)[C@H](CCSC)NC(=O)C(CSC(=O)c1ccccc1)Cc1ccccc1. The van der Waals surface area contributed by atoms with Gasteiger partial charge in [-0.25, -0.2) is 4.79 Å². The first kappa shape index (κ1) is 29.9. The molecule has 0 heterocycles. The van der Waals surface area contributed by atoms with Crippen molar-refractivity contribution in [1.82, 2.24) is 5.32 Å². The van der Waals surface area contributed by atoms with Crippen molar-refractivity contribution >= 4 is 40.5 Å². The number of carbonyl (C=O) groups is 3. The summed E-state index contributed by atoms with van der Waals surface area (Å²) < 4.78 is 15.6. The third-order valence-electron chi connectivity index (χ3n) is 5.24. The topological polar surface area (TPSA) is 90.9 Å². The minimum atomic E-state index is -0.767. The van der Waals surface area contributed by atoms with Crippen molar-refractivity contribution in [3.8, 4) is 0 Å². The Morgan fingerprint density at radius 3 is 2.25 bits per heavy atom. The highest BCUT2D eigenvalue weighted by atomic mass is 32.2. The minimum Gasteiger partial charge on any atom is -0.462 e. The Morgan fingerprint density at radius 2 is 1.58 bits per heavy atom. The van der Waals surface area contributed by atoms with Crippen molar-refractivity contribution in [1.29, 1.82) is 0 Å². The molecule has 1 unspecified atom stereocenters. The molecule has 2 atom stereocenters. The second-order valence-corrected chi connectivity index (χ2v) is 9.94. The molecule has 0 spiro atoms. The molecule has 0 saturated carbocycles. The van der Waals surface area contributed by atoms with Gasteiger partial charge in [0.2, 0.25) is 11.0 Å². The third kappa shape index (κ3) is 11.6. The number of carbonyl (C=O) groups excluding carboxylic acids is 3. The summed E-state index contributed by atoms with van der Waals surface area (Å²) in [6.07, 6.45) is 2.85. The van der Waals surface area contributed by atoms with E-state index in [9.17, 15) is 14.4 Å².